The molecule has 0 aromatic carbocycles. The van der Waals surface area contributed by atoms with Gasteiger partial charge >= 0.3 is 5.97 Å². The molecule has 4 heteroatoms. The fourth-order valence-electron chi connectivity index (χ4n) is 2.68. The van der Waals surface area contributed by atoms with Gasteiger partial charge in [0.15, 0.2) is 0 Å². The minimum Gasteiger partial charge on any atom is -0.481 e. The van der Waals surface area contributed by atoms with E-state index < -0.39 is 5.97 Å². The van der Waals surface area contributed by atoms with Crippen molar-refractivity contribution in [3.63, 3.8) is 0 Å². The second-order valence-corrected chi connectivity index (χ2v) is 5.79. The first-order valence-corrected chi connectivity index (χ1v) is 6.65. The third-order valence-electron chi connectivity index (χ3n) is 4.02. The highest BCUT2D eigenvalue weighted by atomic mass is 16.4. The topological polar surface area (TPSA) is 53.7 Å². The largest absolute Gasteiger partial charge is 0.481 e. The van der Waals surface area contributed by atoms with E-state index in [2.05, 4.69) is 4.90 Å². The molecule has 2 saturated carbocycles. The van der Waals surface area contributed by atoms with Gasteiger partial charge in [-0.3, -0.25) is 9.69 Å². The predicted octanol–water partition coefficient (Wildman–Crippen LogP) is 2.50. The number of furan rings is 1. The fourth-order valence-corrected chi connectivity index (χ4v) is 2.68. The van der Waals surface area contributed by atoms with E-state index >= 15 is 0 Å². The molecule has 2 aliphatic carbocycles. The summed E-state index contributed by atoms with van der Waals surface area (Å²) >= 11 is 0. The van der Waals surface area contributed by atoms with E-state index in [1.165, 1.54) is 12.8 Å². The summed E-state index contributed by atoms with van der Waals surface area (Å²) in [5, 5.41) is 8.98. The number of carboxylic acids is 1. The molecule has 1 aromatic heterocycles. The minimum absolute atomic E-state index is 0.0427. The zero-order valence-electron chi connectivity index (χ0n) is 10.5. The molecule has 2 aliphatic rings. The van der Waals surface area contributed by atoms with Gasteiger partial charge in [-0.1, -0.05) is 0 Å². The smallest absolute Gasteiger partial charge is 0.303 e. The first-order valence-electron chi connectivity index (χ1n) is 6.65. The van der Waals surface area contributed by atoms with Gasteiger partial charge in [0.05, 0.1) is 19.2 Å². The van der Waals surface area contributed by atoms with E-state index in [4.69, 9.17) is 9.52 Å². The lowest BCUT2D eigenvalue weighted by atomic mass is 10.0. The molecule has 98 valence electrons. The van der Waals surface area contributed by atoms with Gasteiger partial charge in [-0.05, 0) is 43.2 Å². The summed E-state index contributed by atoms with van der Waals surface area (Å²) in [5.74, 6) is 0.314. The molecule has 4 nitrogen and oxygen atoms in total. The van der Waals surface area contributed by atoms with Crippen molar-refractivity contribution >= 4 is 5.97 Å². The van der Waals surface area contributed by atoms with Crippen molar-refractivity contribution in [2.75, 3.05) is 6.54 Å². The molecule has 1 N–H and O–H groups in total. The van der Waals surface area contributed by atoms with Crippen molar-refractivity contribution < 1.29 is 14.3 Å². The summed E-state index contributed by atoms with van der Waals surface area (Å²) in [4.78, 5) is 13.3. The molecule has 0 saturated heterocycles. The average Bonchev–Trinajstić information content (AvgIpc) is 3.21. The monoisotopic (exact) mass is 249 g/mol. The van der Waals surface area contributed by atoms with Crippen LogP contribution in [0.1, 0.15) is 37.9 Å². The fraction of sp³-hybridized carbons (Fsp3) is 0.643. The number of carboxylic acid groups (broad SMARTS) is 1. The molecule has 0 radical (unpaired) electrons. The van der Waals surface area contributed by atoms with Crippen LogP contribution >= 0.6 is 0 Å². The third-order valence-corrected chi connectivity index (χ3v) is 4.02. The van der Waals surface area contributed by atoms with Gasteiger partial charge in [0, 0.05) is 12.6 Å². The lowest BCUT2D eigenvalue weighted by Gasteiger charge is -2.25. The number of rotatable bonds is 7. The van der Waals surface area contributed by atoms with Crippen LogP contribution in [-0.2, 0) is 11.3 Å². The van der Waals surface area contributed by atoms with E-state index in [9.17, 15) is 4.79 Å². The van der Waals surface area contributed by atoms with Crippen molar-refractivity contribution in [1.82, 2.24) is 4.90 Å². The second kappa shape index (κ2) is 4.43. The summed E-state index contributed by atoms with van der Waals surface area (Å²) in [6, 6.07) is 4.54. The molecule has 3 rings (SSSR count). The van der Waals surface area contributed by atoms with Crippen molar-refractivity contribution in [1.29, 1.82) is 0 Å². The quantitative estimate of drug-likeness (QED) is 0.806. The van der Waals surface area contributed by atoms with Gasteiger partial charge in [-0.15, -0.1) is 0 Å². The van der Waals surface area contributed by atoms with Gasteiger partial charge in [-0.25, -0.2) is 0 Å². The van der Waals surface area contributed by atoms with Crippen molar-refractivity contribution in [3.05, 3.63) is 24.2 Å². The summed E-state index contributed by atoms with van der Waals surface area (Å²) in [5.41, 5.74) is 0.0427. The normalized spacial score (nSPS) is 21.2. The molecule has 1 aromatic rings. The maximum absolute atomic E-state index is 10.9. The number of hydrogen-bond acceptors (Lipinski definition) is 3. The van der Waals surface area contributed by atoms with Gasteiger partial charge < -0.3 is 9.52 Å². The standard InChI is InChI=1S/C14H19NO3/c16-13(17)8-14(5-6-14)10-15(11-3-4-11)9-12-2-1-7-18-12/h1-2,7,11H,3-6,8-10H2,(H,16,17). The van der Waals surface area contributed by atoms with Crippen LogP contribution in [0.3, 0.4) is 0 Å². The lowest BCUT2D eigenvalue weighted by Crippen LogP contribution is -2.33. The van der Waals surface area contributed by atoms with Crippen LogP contribution in [0.2, 0.25) is 0 Å². The van der Waals surface area contributed by atoms with Crippen LogP contribution in [0.15, 0.2) is 22.8 Å². The van der Waals surface area contributed by atoms with Crippen LogP contribution < -0.4 is 0 Å². The van der Waals surface area contributed by atoms with E-state index in [-0.39, 0.29) is 5.41 Å². The second-order valence-electron chi connectivity index (χ2n) is 5.79. The number of aliphatic carboxylic acids is 1. The first kappa shape index (κ1) is 11.8. The van der Waals surface area contributed by atoms with Crippen molar-refractivity contribution in [3.8, 4) is 0 Å². The average molecular weight is 249 g/mol. The first-order chi connectivity index (χ1) is 8.67. The molecule has 1 heterocycles. The van der Waals surface area contributed by atoms with E-state index in [1.807, 2.05) is 12.1 Å². The SMILES string of the molecule is O=C(O)CC1(CN(Cc2ccco2)C2CC2)CC1. The molecule has 0 aliphatic heterocycles. The summed E-state index contributed by atoms with van der Waals surface area (Å²) in [6.45, 7) is 1.73. The Morgan fingerprint density at radius 3 is 2.78 bits per heavy atom. The molecule has 0 spiro atoms. The Kier molecular flexibility index (Phi) is 2.90. The summed E-state index contributed by atoms with van der Waals surface area (Å²) in [7, 11) is 0. The highest BCUT2D eigenvalue weighted by Gasteiger charge is 2.47. The third kappa shape index (κ3) is 2.75. The summed E-state index contributed by atoms with van der Waals surface area (Å²) < 4.78 is 5.40. The molecular weight excluding hydrogens is 230 g/mol. The molecule has 0 bridgehead atoms. The van der Waals surface area contributed by atoms with Gasteiger partial charge in [0.1, 0.15) is 5.76 Å². The highest BCUT2D eigenvalue weighted by molar-refractivity contribution is 5.68. The molecule has 0 atom stereocenters. The molecule has 0 unspecified atom stereocenters. The van der Waals surface area contributed by atoms with Crippen LogP contribution in [0.5, 0.6) is 0 Å². The van der Waals surface area contributed by atoms with E-state index in [1.54, 1.807) is 6.26 Å². The number of carbonyl (C=O) groups is 1. The highest BCUT2D eigenvalue weighted by Crippen LogP contribution is 2.50. The molecular formula is C14H19NO3. The molecule has 0 amide bonds. The molecule has 18 heavy (non-hydrogen) atoms. The van der Waals surface area contributed by atoms with Crippen LogP contribution in [-0.4, -0.2) is 28.6 Å². The Labute approximate surface area is 107 Å². The van der Waals surface area contributed by atoms with E-state index in [0.29, 0.717) is 12.5 Å². The Balaban J connectivity index is 1.62. The zero-order chi connectivity index (χ0) is 12.6. The van der Waals surface area contributed by atoms with Crippen LogP contribution in [0.4, 0.5) is 0 Å². The maximum atomic E-state index is 10.9. The number of hydrogen-bond donors (Lipinski definition) is 1. The predicted molar refractivity (Wildman–Crippen MR) is 66.1 cm³/mol. The van der Waals surface area contributed by atoms with Crippen molar-refractivity contribution in [2.45, 2.75) is 44.7 Å². The Morgan fingerprint density at radius 2 is 2.28 bits per heavy atom. The minimum atomic E-state index is -0.666. The Morgan fingerprint density at radius 1 is 1.50 bits per heavy atom. The Hall–Kier alpha value is -1.29. The summed E-state index contributed by atoms with van der Waals surface area (Å²) in [6.07, 6.45) is 6.61. The Bertz CT molecular complexity index is 418. The van der Waals surface area contributed by atoms with Gasteiger partial charge in [-0.2, -0.15) is 0 Å². The van der Waals surface area contributed by atoms with E-state index in [0.717, 1.165) is 31.7 Å². The zero-order valence-corrected chi connectivity index (χ0v) is 10.5. The maximum Gasteiger partial charge on any atom is 0.303 e. The van der Waals surface area contributed by atoms with Gasteiger partial charge in [0.2, 0.25) is 0 Å². The van der Waals surface area contributed by atoms with Crippen molar-refractivity contribution in [2.24, 2.45) is 5.41 Å². The number of nitrogens with zero attached hydrogens (tertiary/aromatic N) is 1. The van der Waals surface area contributed by atoms with Gasteiger partial charge in [0.25, 0.3) is 0 Å². The van der Waals surface area contributed by atoms with Crippen LogP contribution in [0, 0.1) is 5.41 Å². The molecule has 2 fully saturated rings. The lowest BCUT2D eigenvalue weighted by molar-refractivity contribution is -0.138. The van der Waals surface area contributed by atoms with Crippen LogP contribution in [0.25, 0.3) is 0 Å².